The number of alkyl halides is 6. The van der Waals surface area contributed by atoms with E-state index in [1.807, 2.05) is 20.8 Å². The van der Waals surface area contributed by atoms with Gasteiger partial charge in [0, 0.05) is 12.8 Å². The highest BCUT2D eigenvalue weighted by Gasteiger charge is 2.70. The monoisotopic (exact) mass is 434 g/mol. The molecule has 1 rings (SSSR count). The summed E-state index contributed by atoms with van der Waals surface area (Å²) in [7, 11) is 0. The first-order valence-corrected chi connectivity index (χ1v) is 10.6. The van der Waals surface area contributed by atoms with Crippen molar-refractivity contribution < 1.29 is 35.8 Å². The van der Waals surface area contributed by atoms with Gasteiger partial charge in [0.15, 0.2) is 0 Å². The average molecular weight is 435 g/mol. The Hall–Kier alpha value is -0.500. The molecule has 0 N–H and O–H groups in total. The molecule has 0 aromatic rings. The van der Waals surface area contributed by atoms with E-state index >= 15 is 0 Å². The van der Waals surface area contributed by atoms with Crippen molar-refractivity contribution >= 4 is 0 Å². The lowest BCUT2D eigenvalue weighted by atomic mass is 9.75. The van der Waals surface area contributed by atoms with Gasteiger partial charge in [-0.3, -0.25) is 0 Å². The molecule has 29 heavy (non-hydrogen) atoms. The van der Waals surface area contributed by atoms with Crippen LogP contribution in [0.2, 0.25) is 0 Å². The Morgan fingerprint density at radius 2 is 1.66 bits per heavy atom. The van der Waals surface area contributed by atoms with Gasteiger partial charge in [0.2, 0.25) is 5.60 Å². The second kappa shape index (κ2) is 10.7. The molecule has 8 heteroatoms. The molecule has 2 nitrogen and oxygen atoms in total. The average Bonchev–Trinajstić information content (AvgIpc) is 2.59. The molecular weight excluding hydrogens is 398 g/mol. The second-order valence-electron chi connectivity index (χ2n) is 8.78. The first-order valence-electron chi connectivity index (χ1n) is 10.6. The van der Waals surface area contributed by atoms with Crippen molar-refractivity contribution in [2.24, 2.45) is 17.8 Å². The molecule has 5 atom stereocenters. The zero-order chi connectivity index (χ0) is 22.5. The largest absolute Gasteiger partial charge is 0.423 e. The molecular formula is C21H36F6O2. The van der Waals surface area contributed by atoms with Crippen LogP contribution in [-0.4, -0.2) is 36.8 Å². The van der Waals surface area contributed by atoms with Gasteiger partial charge in [-0.1, -0.05) is 47.5 Å². The number of halogens is 6. The molecule has 5 unspecified atom stereocenters. The summed E-state index contributed by atoms with van der Waals surface area (Å²) < 4.78 is 95.5. The van der Waals surface area contributed by atoms with Crippen molar-refractivity contribution in [3.8, 4) is 0 Å². The predicted octanol–water partition coefficient (Wildman–Crippen LogP) is 7.31. The van der Waals surface area contributed by atoms with Crippen LogP contribution in [0, 0.1) is 17.8 Å². The molecule has 174 valence electrons. The summed E-state index contributed by atoms with van der Waals surface area (Å²) in [6.45, 7) is 7.77. The summed E-state index contributed by atoms with van der Waals surface area (Å²) in [6.07, 6.45) is -8.35. The van der Waals surface area contributed by atoms with Crippen molar-refractivity contribution in [3.63, 3.8) is 0 Å². The summed E-state index contributed by atoms with van der Waals surface area (Å²) in [5.74, 6) is -3.56. The third-order valence-corrected chi connectivity index (χ3v) is 6.11. The van der Waals surface area contributed by atoms with E-state index in [1.165, 1.54) is 13.8 Å². The lowest BCUT2D eigenvalue weighted by Gasteiger charge is -2.43. The van der Waals surface area contributed by atoms with Gasteiger partial charge in [-0.05, 0) is 37.0 Å². The first-order chi connectivity index (χ1) is 13.3. The van der Waals surface area contributed by atoms with Crippen LogP contribution in [0.3, 0.4) is 0 Å². The van der Waals surface area contributed by atoms with Crippen LogP contribution in [0.1, 0.15) is 79.6 Å². The van der Waals surface area contributed by atoms with E-state index in [4.69, 9.17) is 9.47 Å². The SMILES string of the molecule is CCCC(F)(F)C(CC(F)CC)(OCOC1CC(C)CCC1C(C)C)C(F)(F)F. The normalized spacial score (nSPS) is 27.1. The molecule has 0 amide bonds. The summed E-state index contributed by atoms with van der Waals surface area (Å²) in [6, 6.07) is 0. The van der Waals surface area contributed by atoms with Gasteiger partial charge in [-0.15, -0.1) is 0 Å². The first kappa shape index (κ1) is 26.5. The van der Waals surface area contributed by atoms with Gasteiger partial charge in [-0.25, -0.2) is 13.2 Å². The fourth-order valence-corrected chi connectivity index (χ4v) is 4.22. The fourth-order valence-electron chi connectivity index (χ4n) is 4.22. The highest BCUT2D eigenvalue weighted by Crippen LogP contribution is 2.50. The Kier molecular flexibility index (Phi) is 9.78. The minimum absolute atomic E-state index is 0.121. The van der Waals surface area contributed by atoms with Gasteiger partial charge >= 0.3 is 6.18 Å². The highest BCUT2D eigenvalue weighted by molar-refractivity contribution is 5.02. The van der Waals surface area contributed by atoms with Gasteiger partial charge in [0.05, 0.1) is 6.10 Å². The van der Waals surface area contributed by atoms with E-state index in [9.17, 15) is 26.3 Å². The minimum atomic E-state index is -5.44. The molecule has 0 heterocycles. The van der Waals surface area contributed by atoms with Crippen LogP contribution < -0.4 is 0 Å². The minimum Gasteiger partial charge on any atom is -0.352 e. The van der Waals surface area contributed by atoms with Crippen molar-refractivity contribution in [1.29, 1.82) is 0 Å². The molecule has 0 aliphatic heterocycles. The topological polar surface area (TPSA) is 18.5 Å². The summed E-state index contributed by atoms with van der Waals surface area (Å²) >= 11 is 0. The number of ether oxygens (including phenoxy) is 2. The van der Waals surface area contributed by atoms with E-state index in [1.54, 1.807) is 0 Å². The van der Waals surface area contributed by atoms with Crippen molar-refractivity contribution in [1.82, 2.24) is 0 Å². The molecule has 0 radical (unpaired) electrons. The van der Waals surface area contributed by atoms with Crippen molar-refractivity contribution in [3.05, 3.63) is 0 Å². The van der Waals surface area contributed by atoms with Crippen LogP contribution in [0.25, 0.3) is 0 Å². The second-order valence-corrected chi connectivity index (χ2v) is 8.78. The van der Waals surface area contributed by atoms with Gasteiger partial charge in [0.1, 0.15) is 13.0 Å². The van der Waals surface area contributed by atoms with E-state index < -0.39 is 43.5 Å². The van der Waals surface area contributed by atoms with Gasteiger partial charge < -0.3 is 9.47 Å². The van der Waals surface area contributed by atoms with Crippen LogP contribution in [0.5, 0.6) is 0 Å². The van der Waals surface area contributed by atoms with Crippen molar-refractivity contribution in [2.45, 2.75) is 110 Å². The lowest BCUT2D eigenvalue weighted by Crippen LogP contribution is -2.62. The third kappa shape index (κ3) is 6.49. The molecule has 0 aromatic carbocycles. The smallest absolute Gasteiger partial charge is 0.352 e. The summed E-state index contributed by atoms with van der Waals surface area (Å²) in [4.78, 5) is 0. The Morgan fingerprint density at radius 3 is 2.14 bits per heavy atom. The number of rotatable bonds is 11. The molecule has 1 aliphatic rings. The molecule has 0 bridgehead atoms. The maximum atomic E-state index is 14.7. The quantitative estimate of drug-likeness (QED) is 0.251. The molecule has 0 saturated heterocycles. The standard InChI is InChI=1S/C21H36F6O2/c1-6-10-20(23,24)19(21(25,26)27,12-16(22)7-2)29-13-28-18-11-15(5)8-9-17(18)14(3)4/h14-18H,6-13H2,1-5H3. The van der Waals surface area contributed by atoms with Crippen LogP contribution in [0.15, 0.2) is 0 Å². The Balaban J connectivity index is 3.07. The Bertz CT molecular complexity index is 482. The van der Waals surface area contributed by atoms with E-state index in [0.717, 1.165) is 12.8 Å². The third-order valence-electron chi connectivity index (χ3n) is 6.11. The Morgan fingerprint density at radius 1 is 1.03 bits per heavy atom. The molecule has 1 aliphatic carbocycles. The maximum Gasteiger partial charge on any atom is 0.423 e. The predicted molar refractivity (Wildman–Crippen MR) is 101 cm³/mol. The van der Waals surface area contributed by atoms with Crippen LogP contribution in [-0.2, 0) is 9.47 Å². The fraction of sp³-hybridized carbons (Fsp3) is 1.00. The van der Waals surface area contributed by atoms with Gasteiger partial charge in [-0.2, -0.15) is 13.2 Å². The number of hydrogen-bond donors (Lipinski definition) is 0. The molecule has 1 saturated carbocycles. The van der Waals surface area contributed by atoms with Gasteiger partial charge in [0.25, 0.3) is 5.92 Å². The van der Waals surface area contributed by atoms with E-state index in [0.29, 0.717) is 12.3 Å². The maximum absolute atomic E-state index is 14.7. The molecule has 0 aromatic heterocycles. The molecule has 1 fully saturated rings. The Labute approximate surface area is 170 Å². The number of hydrogen-bond acceptors (Lipinski definition) is 2. The highest BCUT2D eigenvalue weighted by atomic mass is 19.4. The summed E-state index contributed by atoms with van der Waals surface area (Å²) in [5.41, 5.74) is -3.90. The lowest BCUT2D eigenvalue weighted by molar-refractivity contribution is -0.371. The van der Waals surface area contributed by atoms with Crippen LogP contribution >= 0.6 is 0 Å². The van der Waals surface area contributed by atoms with E-state index in [-0.39, 0.29) is 30.8 Å². The summed E-state index contributed by atoms with van der Waals surface area (Å²) in [5, 5.41) is 0. The zero-order valence-corrected chi connectivity index (χ0v) is 18.1. The van der Waals surface area contributed by atoms with Crippen LogP contribution in [0.4, 0.5) is 26.3 Å². The zero-order valence-electron chi connectivity index (χ0n) is 18.1. The van der Waals surface area contributed by atoms with E-state index in [2.05, 4.69) is 0 Å². The van der Waals surface area contributed by atoms with Crippen molar-refractivity contribution in [2.75, 3.05) is 6.79 Å². The molecule has 0 spiro atoms.